The molecule has 1 heterocycles. The fourth-order valence-corrected chi connectivity index (χ4v) is 2.47. The van der Waals surface area contributed by atoms with E-state index in [0.717, 1.165) is 44.6 Å². The Morgan fingerprint density at radius 2 is 1.95 bits per heavy atom. The Hall–Kier alpha value is -1.49. The van der Waals surface area contributed by atoms with Crippen LogP contribution < -0.4 is 5.32 Å². The maximum absolute atomic E-state index is 13.1. The molecule has 1 N–H and O–H groups in total. The minimum absolute atomic E-state index is 0.156. The molecule has 110 valence electrons. The van der Waals surface area contributed by atoms with Crippen molar-refractivity contribution in [3.05, 3.63) is 35.4 Å². The molecule has 1 aromatic rings. The second-order valence-electron chi connectivity index (χ2n) is 5.58. The minimum Gasteiger partial charge on any atom is -0.347 e. The predicted molar refractivity (Wildman–Crippen MR) is 73.6 cm³/mol. The fraction of sp³-hybridized carbons (Fsp3) is 0.533. The topological polar surface area (TPSA) is 32.3 Å². The number of hydrogen-bond donors (Lipinski definition) is 1. The number of carbonyl (C=O) groups excluding carboxylic acids is 1. The lowest BCUT2D eigenvalue weighted by atomic mass is 9.89. The van der Waals surface area contributed by atoms with E-state index >= 15 is 0 Å². The third-order valence-electron chi connectivity index (χ3n) is 4.00. The molecular formula is C15H20F2N2O. The Kier molecular flexibility index (Phi) is 4.38. The third-order valence-corrected chi connectivity index (χ3v) is 4.00. The standard InChI is InChI=1S/C15H20F2N2O/c1-3-19-8-6-15(2,7-9-19)18-14(20)11-4-5-12(16)13(17)10-11/h4-5,10H,3,6-9H2,1-2H3,(H,18,20). The van der Waals surface area contributed by atoms with Gasteiger partial charge >= 0.3 is 0 Å². The molecule has 5 heteroatoms. The lowest BCUT2D eigenvalue weighted by molar-refractivity contribution is 0.0838. The van der Waals surface area contributed by atoms with Crippen LogP contribution in [0.25, 0.3) is 0 Å². The molecule has 0 bridgehead atoms. The van der Waals surface area contributed by atoms with Crippen LogP contribution in [-0.4, -0.2) is 36.0 Å². The first-order valence-electron chi connectivity index (χ1n) is 6.93. The number of piperidine rings is 1. The van der Waals surface area contributed by atoms with Crippen molar-refractivity contribution in [3.63, 3.8) is 0 Å². The molecule has 0 aliphatic carbocycles. The molecule has 1 amide bonds. The summed E-state index contributed by atoms with van der Waals surface area (Å²) in [4.78, 5) is 14.4. The van der Waals surface area contributed by atoms with E-state index in [0.29, 0.717) is 0 Å². The first-order chi connectivity index (χ1) is 9.43. The molecule has 1 aliphatic heterocycles. The van der Waals surface area contributed by atoms with Crippen molar-refractivity contribution >= 4 is 5.91 Å². The first-order valence-corrected chi connectivity index (χ1v) is 6.93. The van der Waals surface area contributed by atoms with Gasteiger partial charge in [0.25, 0.3) is 5.91 Å². The zero-order valence-electron chi connectivity index (χ0n) is 11.9. The molecule has 0 spiro atoms. The number of benzene rings is 1. The Morgan fingerprint density at radius 3 is 2.50 bits per heavy atom. The van der Waals surface area contributed by atoms with Crippen molar-refractivity contribution in [2.24, 2.45) is 0 Å². The van der Waals surface area contributed by atoms with Gasteiger partial charge in [0.05, 0.1) is 0 Å². The van der Waals surface area contributed by atoms with Crippen LogP contribution in [0.1, 0.15) is 37.0 Å². The van der Waals surface area contributed by atoms with Crippen molar-refractivity contribution in [3.8, 4) is 0 Å². The van der Waals surface area contributed by atoms with Gasteiger partial charge in [-0.15, -0.1) is 0 Å². The lowest BCUT2D eigenvalue weighted by Gasteiger charge is -2.39. The largest absolute Gasteiger partial charge is 0.347 e. The molecule has 1 fully saturated rings. The Balaban J connectivity index is 2.02. The van der Waals surface area contributed by atoms with Gasteiger partial charge in [0.2, 0.25) is 0 Å². The smallest absolute Gasteiger partial charge is 0.251 e. The summed E-state index contributed by atoms with van der Waals surface area (Å²) in [6, 6.07) is 3.22. The van der Waals surface area contributed by atoms with E-state index in [1.165, 1.54) is 6.07 Å². The van der Waals surface area contributed by atoms with Gasteiger partial charge in [-0.05, 0) is 44.5 Å². The maximum atomic E-state index is 13.1. The second-order valence-corrected chi connectivity index (χ2v) is 5.58. The van der Waals surface area contributed by atoms with Crippen LogP contribution >= 0.6 is 0 Å². The highest BCUT2D eigenvalue weighted by Gasteiger charge is 2.31. The number of nitrogens with zero attached hydrogens (tertiary/aromatic N) is 1. The molecule has 0 atom stereocenters. The molecule has 0 unspecified atom stereocenters. The van der Waals surface area contributed by atoms with Gasteiger partial charge in [-0.25, -0.2) is 8.78 Å². The van der Waals surface area contributed by atoms with Crippen molar-refractivity contribution < 1.29 is 13.6 Å². The molecule has 3 nitrogen and oxygen atoms in total. The van der Waals surface area contributed by atoms with E-state index in [9.17, 15) is 13.6 Å². The van der Waals surface area contributed by atoms with Crippen LogP contribution in [0, 0.1) is 11.6 Å². The van der Waals surface area contributed by atoms with E-state index in [4.69, 9.17) is 0 Å². The average Bonchev–Trinajstić information content (AvgIpc) is 2.42. The van der Waals surface area contributed by atoms with E-state index < -0.39 is 11.6 Å². The fourth-order valence-electron chi connectivity index (χ4n) is 2.47. The van der Waals surface area contributed by atoms with Crippen LogP contribution in [0.15, 0.2) is 18.2 Å². The summed E-state index contributed by atoms with van der Waals surface area (Å²) in [5.74, 6) is -2.29. The zero-order chi connectivity index (χ0) is 14.8. The second kappa shape index (κ2) is 5.87. The summed E-state index contributed by atoms with van der Waals surface area (Å²) < 4.78 is 26.0. The Morgan fingerprint density at radius 1 is 1.30 bits per heavy atom. The normalized spacial score (nSPS) is 18.8. The van der Waals surface area contributed by atoms with Gasteiger partial charge in [0.1, 0.15) is 0 Å². The van der Waals surface area contributed by atoms with Crippen LogP contribution in [0.4, 0.5) is 8.78 Å². The minimum atomic E-state index is -0.997. The SMILES string of the molecule is CCN1CCC(C)(NC(=O)c2ccc(F)c(F)c2)CC1. The van der Waals surface area contributed by atoms with Crippen LogP contribution in [0.3, 0.4) is 0 Å². The Labute approximate surface area is 118 Å². The highest BCUT2D eigenvalue weighted by Crippen LogP contribution is 2.22. The summed E-state index contributed by atoms with van der Waals surface area (Å²) in [5, 5.41) is 2.95. The molecule has 1 saturated heterocycles. The summed E-state index contributed by atoms with van der Waals surface area (Å²) >= 11 is 0. The van der Waals surface area contributed by atoms with Crippen molar-refractivity contribution in [2.45, 2.75) is 32.2 Å². The maximum Gasteiger partial charge on any atom is 0.251 e. The monoisotopic (exact) mass is 282 g/mol. The van der Waals surface area contributed by atoms with Crippen LogP contribution in [0.2, 0.25) is 0 Å². The van der Waals surface area contributed by atoms with Gasteiger partial charge in [0.15, 0.2) is 11.6 Å². The average molecular weight is 282 g/mol. The van der Waals surface area contributed by atoms with E-state index in [2.05, 4.69) is 17.1 Å². The molecule has 0 saturated carbocycles. The van der Waals surface area contributed by atoms with Gasteiger partial charge < -0.3 is 10.2 Å². The van der Waals surface area contributed by atoms with Gasteiger partial charge in [-0.2, -0.15) is 0 Å². The summed E-state index contributed by atoms with van der Waals surface area (Å²) in [6.07, 6.45) is 1.71. The molecular weight excluding hydrogens is 262 g/mol. The van der Waals surface area contributed by atoms with E-state index in [-0.39, 0.29) is 17.0 Å². The molecule has 1 aromatic carbocycles. The molecule has 2 rings (SSSR count). The lowest BCUT2D eigenvalue weighted by Crippen LogP contribution is -2.53. The number of rotatable bonds is 3. The highest BCUT2D eigenvalue weighted by atomic mass is 19.2. The van der Waals surface area contributed by atoms with Crippen molar-refractivity contribution in [2.75, 3.05) is 19.6 Å². The van der Waals surface area contributed by atoms with Crippen LogP contribution in [-0.2, 0) is 0 Å². The van der Waals surface area contributed by atoms with Crippen molar-refractivity contribution in [1.29, 1.82) is 0 Å². The van der Waals surface area contributed by atoms with Crippen molar-refractivity contribution in [1.82, 2.24) is 10.2 Å². The van der Waals surface area contributed by atoms with Gasteiger partial charge in [0, 0.05) is 24.2 Å². The number of nitrogens with one attached hydrogen (secondary N) is 1. The number of halogens is 2. The van der Waals surface area contributed by atoms with E-state index in [1.54, 1.807) is 0 Å². The number of amides is 1. The van der Waals surface area contributed by atoms with Gasteiger partial charge in [-0.3, -0.25) is 4.79 Å². The Bertz CT molecular complexity index is 497. The number of likely N-dealkylation sites (tertiary alicyclic amines) is 1. The zero-order valence-corrected chi connectivity index (χ0v) is 11.9. The number of carbonyl (C=O) groups is 1. The highest BCUT2D eigenvalue weighted by molar-refractivity contribution is 5.94. The van der Waals surface area contributed by atoms with E-state index in [1.807, 2.05) is 6.92 Å². The molecule has 1 aliphatic rings. The molecule has 20 heavy (non-hydrogen) atoms. The summed E-state index contributed by atoms with van der Waals surface area (Å²) in [5.41, 5.74) is -0.129. The molecule has 0 radical (unpaired) electrons. The third kappa shape index (κ3) is 3.33. The predicted octanol–water partition coefficient (Wildman–Crippen LogP) is 2.57. The first kappa shape index (κ1) is 14.9. The molecule has 0 aromatic heterocycles. The summed E-state index contributed by atoms with van der Waals surface area (Å²) in [7, 11) is 0. The summed E-state index contributed by atoms with van der Waals surface area (Å²) in [6.45, 7) is 6.99. The quantitative estimate of drug-likeness (QED) is 0.924. The van der Waals surface area contributed by atoms with Gasteiger partial charge in [-0.1, -0.05) is 6.92 Å². The van der Waals surface area contributed by atoms with Crippen LogP contribution in [0.5, 0.6) is 0 Å². The number of hydrogen-bond acceptors (Lipinski definition) is 2.